The summed E-state index contributed by atoms with van der Waals surface area (Å²) in [4.78, 5) is 42.9. The van der Waals surface area contributed by atoms with E-state index in [1.807, 2.05) is 0 Å². The number of ether oxygens (including phenoxy) is 2. The maximum absolute atomic E-state index is 12.2. The second-order valence-electron chi connectivity index (χ2n) is 6.62. The fraction of sp³-hybridized carbons (Fsp3) is 0.800. The summed E-state index contributed by atoms with van der Waals surface area (Å²) < 4.78 is 9.23. The van der Waals surface area contributed by atoms with Gasteiger partial charge in [0.2, 0.25) is 5.79 Å². The molecule has 0 spiro atoms. The standard InChI is InChI=1S/C15H24O15/c1-5(17)11(22)28-15(26,13(24)30-29-12(23)6(2)18)4-14(25)10(21)9(20)8(19)7(3-16)27-14/h5-10,16-21,25-26H,3-4H2,1-2H3/t5?,6?,7-,8-,9+,10-,14?,15?/m1/s1. The highest BCUT2D eigenvalue weighted by molar-refractivity contribution is 5.83. The number of hydrogen-bond donors (Lipinski definition) is 8. The van der Waals surface area contributed by atoms with Gasteiger partial charge < -0.3 is 50.3 Å². The number of carbonyl (C=O) groups is 3. The maximum atomic E-state index is 12.2. The molecule has 8 atom stereocenters. The minimum Gasteiger partial charge on any atom is -0.419 e. The molecule has 0 radical (unpaired) electrons. The van der Waals surface area contributed by atoms with E-state index in [4.69, 9.17) is 9.84 Å². The lowest BCUT2D eigenvalue weighted by Crippen LogP contribution is -2.68. The summed E-state index contributed by atoms with van der Waals surface area (Å²) in [5, 5.41) is 77.9. The molecule has 15 heteroatoms. The molecule has 0 saturated carbocycles. The molecule has 4 unspecified atom stereocenters. The fourth-order valence-corrected chi connectivity index (χ4v) is 2.33. The Bertz CT molecular complexity index is 634. The minimum atomic E-state index is -3.59. The smallest absolute Gasteiger partial charge is 0.419 e. The topological polar surface area (TPSA) is 250 Å². The first kappa shape index (κ1) is 26.1. The quantitative estimate of drug-likeness (QED) is 0.0789. The van der Waals surface area contributed by atoms with Gasteiger partial charge in [0.25, 0.3) is 0 Å². The molecule has 1 fully saturated rings. The largest absolute Gasteiger partial charge is 0.426 e. The first-order chi connectivity index (χ1) is 13.7. The average Bonchev–Trinajstić information content (AvgIpc) is 2.66. The lowest BCUT2D eigenvalue weighted by molar-refractivity contribution is -0.375. The SMILES string of the molecule is CC(O)C(=O)OOC(=O)C(O)(CC1(O)O[C@H](CO)[C@@H](O)[C@H](O)[C@H]1O)OC(=O)C(C)O. The van der Waals surface area contributed by atoms with Crippen LogP contribution in [-0.4, -0.2) is 114 Å². The van der Waals surface area contributed by atoms with Gasteiger partial charge in [0, 0.05) is 0 Å². The molecule has 0 aliphatic carbocycles. The van der Waals surface area contributed by atoms with Crippen molar-refractivity contribution in [1.29, 1.82) is 0 Å². The van der Waals surface area contributed by atoms with Crippen molar-refractivity contribution in [3.05, 3.63) is 0 Å². The summed E-state index contributed by atoms with van der Waals surface area (Å²) in [5.41, 5.74) is 0. The molecule has 0 amide bonds. The third-order valence-electron chi connectivity index (χ3n) is 4.01. The third kappa shape index (κ3) is 5.81. The Morgan fingerprint density at radius 1 is 1.03 bits per heavy atom. The Kier molecular flexibility index (Phi) is 8.61. The maximum Gasteiger partial charge on any atom is 0.426 e. The van der Waals surface area contributed by atoms with E-state index in [0.717, 1.165) is 13.8 Å². The van der Waals surface area contributed by atoms with Crippen LogP contribution in [0.15, 0.2) is 0 Å². The molecular formula is C15H24O15. The highest BCUT2D eigenvalue weighted by atomic mass is 17.2. The predicted molar refractivity (Wildman–Crippen MR) is 86.1 cm³/mol. The van der Waals surface area contributed by atoms with Gasteiger partial charge in [0.05, 0.1) is 13.0 Å². The van der Waals surface area contributed by atoms with Gasteiger partial charge in [-0.1, -0.05) is 0 Å². The normalized spacial score (nSPS) is 33.0. The van der Waals surface area contributed by atoms with Gasteiger partial charge in [0.1, 0.15) is 30.5 Å². The summed E-state index contributed by atoms with van der Waals surface area (Å²) >= 11 is 0. The lowest BCUT2D eigenvalue weighted by atomic mass is 9.88. The molecule has 1 rings (SSSR count). The Balaban J connectivity index is 3.19. The van der Waals surface area contributed by atoms with Crippen molar-refractivity contribution in [2.45, 2.75) is 68.5 Å². The lowest BCUT2D eigenvalue weighted by Gasteiger charge is -2.46. The molecule has 1 aliphatic heterocycles. The summed E-state index contributed by atoms with van der Waals surface area (Å²) in [6.07, 6.45) is -13.5. The van der Waals surface area contributed by atoms with Crippen LogP contribution in [0.5, 0.6) is 0 Å². The molecule has 30 heavy (non-hydrogen) atoms. The number of esters is 1. The first-order valence-electron chi connectivity index (χ1n) is 8.48. The average molecular weight is 444 g/mol. The Morgan fingerprint density at radius 3 is 2.03 bits per heavy atom. The highest BCUT2D eigenvalue weighted by Crippen LogP contribution is 2.35. The van der Waals surface area contributed by atoms with Gasteiger partial charge in [-0.3, -0.25) is 0 Å². The molecule has 0 bridgehead atoms. The van der Waals surface area contributed by atoms with E-state index in [1.165, 1.54) is 0 Å². The van der Waals surface area contributed by atoms with Crippen LogP contribution in [0.25, 0.3) is 0 Å². The zero-order chi connectivity index (χ0) is 23.4. The van der Waals surface area contributed by atoms with E-state index >= 15 is 0 Å². The van der Waals surface area contributed by atoms with Gasteiger partial charge in [0.15, 0.2) is 6.10 Å². The van der Waals surface area contributed by atoms with Crippen LogP contribution in [0.2, 0.25) is 0 Å². The Morgan fingerprint density at radius 2 is 1.57 bits per heavy atom. The van der Waals surface area contributed by atoms with Crippen molar-refractivity contribution in [1.82, 2.24) is 0 Å². The molecular weight excluding hydrogens is 420 g/mol. The third-order valence-corrected chi connectivity index (χ3v) is 4.01. The van der Waals surface area contributed by atoms with Gasteiger partial charge in [-0.2, -0.15) is 0 Å². The van der Waals surface area contributed by atoms with Gasteiger partial charge >= 0.3 is 23.7 Å². The van der Waals surface area contributed by atoms with E-state index in [2.05, 4.69) is 14.5 Å². The molecule has 1 saturated heterocycles. The van der Waals surface area contributed by atoms with Crippen molar-refractivity contribution >= 4 is 17.9 Å². The van der Waals surface area contributed by atoms with E-state index in [1.54, 1.807) is 0 Å². The van der Waals surface area contributed by atoms with Crippen molar-refractivity contribution in [2.24, 2.45) is 0 Å². The molecule has 0 aromatic carbocycles. The van der Waals surface area contributed by atoms with Crippen LogP contribution in [0, 0.1) is 0 Å². The van der Waals surface area contributed by atoms with Crippen LogP contribution in [-0.2, 0) is 33.6 Å². The molecule has 0 aromatic heterocycles. The van der Waals surface area contributed by atoms with Crippen LogP contribution in [0.4, 0.5) is 0 Å². The van der Waals surface area contributed by atoms with Gasteiger partial charge in [-0.25, -0.2) is 24.2 Å². The molecule has 8 N–H and O–H groups in total. The van der Waals surface area contributed by atoms with Crippen LogP contribution >= 0.6 is 0 Å². The Hall–Kier alpha value is -1.95. The monoisotopic (exact) mass is 444 g/mol. The number of carbonyl (C=O) groups excluding carboxylic acids is 3. The van der Waals surface area contributed by atoms with Crippen molar-refractivity contribution in [2.75, 3.05) is 6.61 Å². The number of rotatable bonds is 7. The van der Waals surface area contributed by atoms with Crippen molar-refractivity contribution in [3.8, 4) is 0 Å². The highest BCUT2D eigenvalue weighted by Gasteiger charge is 2.60. The summed E-state index contributed by atoms with van der Waals surface area (Å²) in [5.74, 6) is -11.9. The minimum absolute atomic E-state index is 0.879. The molecule has 174 valence electrons. The van der Waals surface area contributed by atoms with Crippen molar-refractivity contribution < 1.29 is 74.5 Å². The van der Waals surface area contributed by atoms with Crippen LogP contribution in [0.3, 0.4) is 0 Å². The van der Waals surface area contributed by atoms with Gasteiger partial charge in [-0.15, -0.1) is 0 Å². The second kappa shape index (κ2) is 9.90. The van der Waals surface area contributed by atoms with E-state index in [-0.39, 0.29) is 0 Å². The summed E-state index contributed by atoms with van der Waals surface area (Å²) in [7, 11) is 0. The first-order valence-corrected chi connectivity index (χ1v) is 8.48. The van der Waals surface area contributed by atoms with Crippen LogP contribution < -0.4 is 0 Å². The number of aliphatic hydroxyl groups excluding tert-OH is 6. The summed E-state index contributed by atoms with van der Waals surface area (Å²) in [6.45, 7) is 0.826. The second-order valence-corrected chi connectivity index (χ2v) is 6.62. The van der Waals surface area contributed by atoms with E-state index in [0.29, 0.717) is 0 Å². The molecule has 0 aromatic rings. The fourth-order valence-electron chi connectivity index (χ4n) is 2.33. The van der Waals surface area contributed by atoms with Crippen molar-refractivity contribution in [3.63, 3.8) is 0 Å². The van der Waals surface area contributed by atoms with Crippen LogP contribution in [0.1, 0.15) is 20.3 Å². The Labute approximate surface area is 168 Å². The number of aliphatic hydroxyl groups is 8. The zero-order valence-corrected chi connectivity index (χ0v) is 15.8. The zero-order valence-electron chi connectivity index (χ0n) is 15.8. The molecule has 1 heterocycles. The predicted octanol–water partition coefficient (Wildman–Crippen LogP) is -5.47. The number of hydrogen-bond acceptors (Lipinski definition) is 15. The summed E-state index contributed by atoms with van der Waals surface area (Å²) in [6, 6.07) is 0. The molecule has 1 aliphatic rings. The van der Waals surface area contributed by atoms with Gasteiger partial charge in [-0.05, 0) is 13.8 Å². The molecule has 15 nitrogen and oxygen atoms in total. The van der Waals surface area contributed by atoms with E-state index < -0.39 is 79.1 Å². The van der Waals surface area contributed by atoms with E-state index in [9.17, 15) is 50.1 Å².